The van der Waals surface area contributed by atoms with E-state index in [0.29, 0.717) is 26.3 Å². The van der Waals surface area contributed by atoms with Gasteiger partial charge in [-0.3, -0.25) is 9.59 Å². The van der Waals surface area contributed by atoms with Gasteiger partial charge in [-0.1, -0.05) is 0 Å². The van der Waals surface area contributed by atoms with Crippen LogP contribution in [0.1, 0.15) is 16.8 Å². The van der Waals surface area contributed by atoms with Crippen LogP contribution in [0.5, 0.6) is 5.75 Å². The third kappa shape index (κ3) is 4.68. The molecular formula is C17H18F4N2O4. The number of likely N-dealkylation sites (tertiary alicyclic amines) is 1. The molecular weight excluding hydrogens is 372 g/mol. The zero-order valence-electron chi connectivity index (χ0n) is 14.2. The van der Waals surface area contributed by atoms with Gasteiger partial charge in [0, 0.05) is 25.1 Å². The zero-order chi connectivity index (χ0) is 19.6. The predicted octanol–water partition coefficient (Wildman–Crippen LogP) is 2.00. The first-order valence-corrected chi connectivity index (χ1v) is 8.42. The van der Waals surface area contributed by atoms with E-state index in [2.05, 4.69) is 4.74 Å². The summed E-state index contributed by atoms with van der Waals surface area (Å²) in [6.45, 7) is 1.27. The summed E-state index contributed by atoms with van der Waals surface area (Å²) in [5.41, 5.74) is 0.0541. The maximum Gasteiger partial charge on any atom is 0.573 e. The number of hydrogen-bond donors (Lipinski definition) is 0. The lowest BCUT2D eigenvalue weighted by Crippen LogP contribution is -2.51. The predicted molar refractivity (Wildman–Crippen MR) is 84.9 cm³/mol. The molecule has 3 rings (SSSR count). The Hall–Kier alpha value is -2.36. The van der Waals surface area contributed by atoms with E-state index in [0.717, 1.165) is 29.2 Å². The Morgan fingerprint density at radius 3 is 2.33 bits per heavy atom. The zero-order valence-corrected chi connectivity index (χ0v) is 14.2. The Morgan fingerprint density at radius 2 is 1.74 bits per heavy atom. The highest BCUT2D eigenvalue weighted by Gasteiger charge is 2.42. The number of rotatable bonds is 3. The molecule has 2 saturated heterocycles. The number of nitrogens with zero attached hydrogens (tertiary/aromatic N) is 2. The van der Waals surface area contributed by atoms with Crippen molar-refractivity contribution in [1.82, 2.24) is 9.80 Å². The minimum absolute atomic E-state index is 0.0541. The Bertz CT molecular complexity index is 689. The molecule has 2 unspecified atom stereocenters. The minimum Gasteiger partial charge on any atom is -0.406 e. The molecule has 2 heterocycles. The number of carbonyl (C=O) groups excluding carboxylic acids is 2. The van der Waals surface area contributed by atoms with Gasteiger partial charge in [0.2, 0.25) is 5.91 Å². The van der Waals surface area contributed by atoms with Gasteiger partial charge >= 0.3 is 6.36 Å². The van der Waals surface area contributed by atoms with Gasteiger partial charge in [-0.15, -0.1) is 13.2 Å². The molecule has 0 saturated carbocycles. The van der Waals surface area contributed by atoms with Crippen LogP contribution in [0.4, 0.5) is 17.6 Å². The summed E-state index contributed by atoms with van der Waals surface area (Å²) in [5.74, 6) is -1.42. The second kappa shape index (κ2) is 7.71. The first kappa shape index (κ1) is 19.4. The number of morpholine rings is 1. The van der Waals surface area contributed by atoms with Gasteiger partial charge in [0.1, 0.15) is 18.0 Å². The largest absolute Gasteiger partial charge is 0.573 e. The smallest absolute Gasteiger partial charge is 0.406 e. The lowest BCUT2D eigenvalue weighted by molar-refractivity contribution is -0.274. The van der Waals surface area contributed by atoms with E-state index in [4.69, 9.17) is 4.74 Å². The van der Waals surface area contributed by atoms with Crippen LogP contribution in [-0.4, -0.2) is 73.0 Å². The molecule has 10 heteroatoms. The van der Waals surface area contributed by atoms with Crippen molar-refractivity contribution < 1.29 is 36.6 Å². The summed E-state index contributed by atoms with van der Waals surface area (Å²) in [7, 11) is 0. The van der Waals surface area contributed by atoms with Gasteiger partial charge in [-0.2, -0.15) is 0 Å². The van der Waals surface area contributed by atoms with Crippen LogP contribution in [0.25, 0.3) is 0 Å². The molecule has 2 aliphatic heterocycles. The lowest BCUT2D eigenvalue weighted by atomic mass is 10.1. The Kier molecular flexibility index (Phi) is 5.54. The molecule has 1 aromatic rings. The van der Waals surface area contributed by atoms with Gasteiger partial charge in [0.25, 0.3) is 5.91 Å². The third-order valence-electron chi connectivity index (χ3n) is 4.45. The van der Waals surface area contributed by atoms with Crippen LogP contribution in [0, 0.1) is 0 Å². The second-order valence-electron chi connectivity index (χ2n) is 6.32. The number of amides is 2. The first-order valence-electron chi connectivity index (χ1n) is 8.42. The molecule has 0 bridgehead atoms. The number of benzene rings is 1. The normalized spacial score (nSPS) is 23.4. The molecule has 27 heavy (non-hydrogen) atoms. The fourth-order valence-corrected chi connectivity index (χ4v) is 3.20. The Balaban J connectivity index is 1.72. The van der Waals surface area contributed by atoms with Crippen LogP contribution in [-0.2, 0) is 9.53 Å². The minimum atomic E-state index is -4.84. The van der Waals surface area contributed by atoms with Crippen LogP contribution in [0.3, 0.4) is 0 Å². The fourth-order valence-electron chi connectivity index (χ4n) is 3.20. The molecule has 0 aromatic heterocycles. The molecule has 1 aromatic carbocycles. The molecule has 2 atom stereocenters. The molecule has 0 spiro atoms. The maximum absolute atomic E-state index is 13.9. The average Bonchev–Trinajstić information content (AvgIpc) is 3.02. The summed E-state index contributed by atoms with van der Waals surface area (Å²) in [6, 6.07) is 3.39. The van der Waals surface area contributed by atoms with E-state index >= 15 is 0 Å². The summed E-state index contributed by atoms with van der Waals surface area (Å²) in [6.07, 6.45) is -6.27. The first-order chi connectivity index (χ1) is 12.7. The van der Waals surface area contributed by atoms with Crippen LogP contribution >= 0.6 is 0 Å². The quantitative estimate of drug-likeness (QED) is 0.741. The molecule has 2 amide bonds. The van der Waals surface area contributed by atoms with Crippen molar-refractivity contribution in [3.8, 4) is 5.75 Å². The van der Waals surface area contributed by atoms with Crippen LogP contribution < -0.4 is 4.74 Å². The van der Waals surface area contributed by atoms with Crippen molar-refractivity contribution in [1.29, 1.82) is 0 Å². The molecule has 6 nitrogen and oxygen atoms in total. The molecule has 2 fully saturated rings. The average molecular weight is 390 g/mol. The summed E-state index contributed by atoms with van der Waals surface area (Å²) in [4.78, 5) is 28.0. The van der Waals surface area contributed by atoms with Crippen LogP contribution in [0.15, 0.2) is 24.3 Å². The van der Waals surface area contributed by atoms with E-state index in [1.165, 1.54) is 4.90 Å². The number of carbonyl (C=O) groups is 2. The van der Waals surface area contributed by atoms with Gasteiger partial charge in [0.05, 0.1) is 19.8 Å². The van der Waals surface area contributed by atoms with Crippen molar-refractivity contribution in [3.05, 3.63) is 29.8 Å². The number of hydrogen-bond acceptors (Lipinski definition) is 4. The molecule has 0 aliphatic carbocycles. The van der Waals surface area contributed by atoms with Gasteiger partial charge in [-0.25, -0.2) is 4.39 Å². The van der Waals surface area contributed by atoms with Crippen LogP contribution in [0.2, 0.25) is 0 Å². The monoisotopic (exact) mass is 390 g/mol. The molecule has 0 radical (unpaired) electrons. The summed E-state index contributed by atoms with van der Waals surface area (Å²) in [5, 5.41) is 0. The van der Waals surface area contributed by atoms with Crippen molar-refractivity contribution in [2.45, 2.75) is 25.0 Å². The SMILES string of the molecule is O=C(C1CC(F)CN1C(=O)c1ccc(OC(F)(F)F)cc1)N1CCOCC1. The van der Waals surface area contributed by atoms with E-state index in [1.807, 2.05) is 0 Å². The highest BCUT2D eigenvalue weighted by Crippen LogP contribution is 2.27. The van der Waals surface area contributed by atoms with E-state index in [9.17, 15) is 27.2 Å². The van der Waals surface area contributed by atoms with Crippen molar-refractivity contribution in [2.24, 2.45) is 0 Å². The molecule has 0 N–H and O–H groups in total. The Labute approximate surface area is 152 Å². The highest BCUT2D eigenvalue weighted by atomic mass is 19.4. The van der Waals surface area contributed by atoms with E-state index in [1.54, 1.807) is 0 Å². The van der Waals surface area contributed by atoms with E-state index < -0.39 is 30.2 Å². The number of alkyl halides is 4. The summed E-state index contributed by atoms with van der Waals surface area (Å²) >= 11 is 0. The number of ether oxygens (including phenoxy) is 2. The Morgan fingerprint density at radius 1 is 1.11 bits per heavy atom. The molecule has 148 valence electrons. The third-order valence-corrected chi connectivity index (χ3v) is 4.45. The van der Waals surface area contributed by atoms with Crippen molar-refractivity contribution in [2.75, 3.05) is 32.8 Å². The highest BCUT2D eigenvalue weighted by molar-refractivity contribution is 5.98. The van der Waals surface area contributed by atoms with Crippen molar-refractivity contribution >= 4 is 11.8 Å². The second-order valence-corrected chi connectivity index (χ2v) is 6.32. The van der Waals surface area contributed by atoms with Gasteiger partial charge in [-0.05, 0) is 24.3 Å². The lowest BCUT2D eigenvalue weighted by Gasteiger charge is -2.32. The number of halogens is 4. The summed E-state index contributed by atoms with van der Waals surface area (Å²) < 4.78 is 59.5. The fraction of sp³-hybridized carbons (Fsp3) is 0.529. The van der Waals surface area contributed by atoms with Crippen molar-refractivity contribution in [3.63, 3.8) is 0 Å². The van der Waals surface area contributed by atoms with Gasteiger partial charge < -0.3 is 19.3 Å². The maximum atomic E-state index is 13.9. The standard InChI is InChI=1S/C17H18F4N2O4/c18-12-9-14(16(25)22-5-7-26-8-6-22)23(10-12)15(24)11-1-3-13(4-2-11)27-17(19,20)21/h1-4,12,14H,5-10H2. The van der Waals surface area contributed by atoms with E-state index in [-0.39, 0.29) is 24.4 Å². The van der Waals surface area contributed by atoms with Gasteiger partial charge in [0.15, 0.2) is 0 Å². The topological polar surface area (TPSA) is 59.1 Å². The molecule has 2 aliphatic rings.